The highest BCUT2D eigenvalue weighted by Gasteiger charge is 2.24. The predicted octanol–water partition coefficient (Wildman–Crippen LogP) is 2.60. The predicted molar refractivity (Wildman–Crippen MR) is 75.7 cm³/mol. The van der Waals surface area contributed by atoms with E-state index in [2.05, 4.69) is 9.88 Å². The zero-order valence-corrected chi connectivity index (χ0v) is 11.9. The van der Waals surface area contributed by atoms with Gasteiger partial charge in [-0.05, 0) is 25.5 Å². The van der Waals surface area contributed by atoms with Crippen molar-refractivity contribution in [2.45, 2.75) is 25.4 Å². The van der Waals surface area contributed by atoms with Gasteiger partial charge in [-0.25, -0.2) is 4.98 Å². The van der Waals surface area contributed by atoms with Gasteiger partial charge in [0.05, 0.1) is 22.3 Å². The number of nitrogens with zero attached hydrogens (tertiary/aromatic N) is 3. The van der Waals surface area contributed by atoms with E-state index in [0.717, 1.165) is 37.3 Å². The number of halogens is 2. The summed E-state index contributed by atoms with van der Waals surface area (Å²) in [4.78, 5) is 6.80. The molecule has 3 heterocycles. The van der Waals surface area contributed by atoms with E-state index in [1.54, 1.807) is 12.3 Å². The van der Waals surface area contributed by atoms with Crippen LogP contribution in [0.15, 0.2) is 18.5 Å². The number of hydrogen-bond acceptors (Lipinski definition) is 3. The average molecular weight is 300 g/mol. The van der Waals surface area contributed by atoms with Gasteiger partial charge in [-0.15, -0.1) is 0 Å². The lowest BCUT2D eigenvalue weighted by Gasteiger charge is -2.21. The molecule has 0 aliphatic carbocycles. The molecule has 0 radical (unpaired) electrons. The van der Waals surface area contributed by atoms with Crippen LogP contribution in [-0.4, -0.2) is 38.6 Å². The van der Waals surface area contributed by atoms with Gasteiger partial charge in [0.25, 0.3) is 0 Å². The van der Waals surface area contributed by atoms with Gasteiger partial charge in [0.15, 0.2) is 5.65 Å². The second-order valence-electron chi connectivity index (χ2n) is 4.92. The Kier molecular flexibility index (Phi) is 3.67. The van der Waals surface area contributed by atoms with Crippen molar-refractivity contribution in [2.24, 2.45) is 0 Å². The number of aliphatic hydroxyl groups excluding tert-OH is 1. The third-order valence-electron chi connectivity index (χ3n) is 3.60. The van der Waals surface area contributed by atoms with Crippen molar-refractivity contribution in [1.29, 1.82) is 0 Å². The maximum absolute atomic E-state index is 9.33. The molecule has 19 heavy (non-hydrogen) atoms. The minimum atomic E-state index is 0.208. The number of fused-ring (bicyclic) bond motifs is 1. The maximum atomic E-state index is 9.33. The Hall–Kier alpha value is -0.810. The molecular formula is C13H15Cl2N3O. The van der Waals surface area contributed by atoms with E-state index >= 15 is 0 Å². The Balaban J connectivity index is 1.87. The number of imidazole rings is 1. The summed E-state index contributed by atoms with van der Waals surface area (Å²) in [5.41, 5.74) is 1.67. The first-order valence-corrected chi connectivity index (χ1v) is 7.10. The smallest absolute Gasteiger partial charge is 0.156 e. The summed E-state index contributed by atoms with van der Waals surface area (Å²) in [7, 11) is 0. The molecular weight excluding hydrogens is 285 g/mol. The number of rotatable bonds is 3. The molecule has 1 aliphatic rings. The van der Waals surface area contributed by atoms with Crippen LogP contribution in [0, 0.1) is 0 Å². The molecule has 0 aromatic carbocycles. The van der Waals surface area contributed by atoms with Crippen LogP contribution in [0.3, 0.4) is 0 Å². The summed E-state index contributed by atoms with van der Waals surface area (Å²) in [6.45, 7) is 1.95. The van der Waals surface area contributed by atoms with Crippen LogP contribution in [0.1, 0.15) is 18.5 Å². The summed E-state index contributed by atoms with van der Waals surface area (Å²) in [5, 5.41) is 10.5. The lowest BCUT2D eigenvalue weighted by atomic mass is 10.2. The fourth-order valence-corrected chi connectivity index (χ4v) is 3.20. The van der Waals surface area contributed by atoms with Gasteiger partial charge in [0, 0.05) is 25.0 Å². The van der Waals surface area contributed by atoms with E-state index in [1.165, 1.54) is 0 Å². The molecule has 0 bridgehead atoms. The SMILES string of the molecule is OC[C@H]1CCCN1Cc1cn2cc(Cl)cc(Cl)c2n1. The van der Waals surface area contributed by atoms with Crippen LogP contribution in [0.2, 0.25) is 10.0 Å². The van der Waals surface area contributed by atoms with E-state index in [-0.39, 0.29) is 12.6 Å². The molecule has 1 aliphatic heterocycles. The molecule has 4 nitrogen and oxygen atoms in total. The number of pyridine rings is 1. The lowest BCUT2D eigenvalue weighted by Crippen LogP contribution is -2.31. The maximum Gasteiger partial charge on any atom is 0.156 e. The quantitative estimate of drug-likeness (QED) is 0.947. The molecule has 6 heteroatoms. The monoisotopic (exact) mass is 299 g/mol. The molecule has 2 aromatic heterocycles. The largest absolute Gasteiger partial charge is 0.395 e. The molecule has 1 saturated heterocycles. The van der Waals surface area contributed by atoms with E-state index in [1.807, 2.05) is 10.6 Å². The number of likely N-dealkylation sites (tertiary alicyclic amines) is 1. The van der Waals surface area contributed by atoms with Gasteiger partial charge in [0.2, 0.25) is 0 Å². The van der Waals surface area contributed by atoms with Crippen LogP contribution >= 0.6 is 23.2 Å². The normalized spacial score (nSPS) is 20.5. The zero-order valence-electron chi connectivity index (χ0n) is 10.4. The van der Waals surface area contributed by atoms with Gasteiger partial charge in [0.1, 0.15) is 0 Å². The van der Waals surface area contributed by atoms with E-state index in [9.17, 15) is 5.11 Å². The Morgan fingerprint density at radius 3 is 3.00 bits per heavy atom. The van der Waals surface area contributed by atoms with Gasteiger partial charge in [-0.3, -0.25) is 4.90 Å². The summed E-state index contributed by atoms with van der Waals surface area (Å²) >= 11 is 12.1. The standard InChI is InChI=1S/C13H15Cl2N3O/c14-9-4-12(15)13-16-10(7-18(13)5-9)6-17-3-1-2-11(17)8-19/h4-5,7,11,19H,1-3,6,8H2/t11-/m1/s1. The Morgan fingerprint density at radius 2 is 2.21 bits per heavy atom. The van der Waals surface area contributed by atoms with Crippen molar-refractivity contribution in [3.8, 4) is 0 Å². The summed E-state index contributed by atoms with van der Waals surface area (Å²) in [6, 6.07) is 1.95. The topological polar surface area (TPSA) is 40.8 Å². The molecule has 3 rings (SSSR count). The Labute approximate surface area is 121 Å². The number of aliphatic hydroxyl groups is 1. The molecule has 1 fully saturated rings. The van der Waals surface area contributed by atoms with Crippen molar-refractivity contribution in [3.63, 3.8) is 0 Å². The van der Waals surface area contributed by atoms with Crippen LogP contribution < -0.4 is 0 Å². The zero-order chi connectivity index (χ0) is 13.4. The van der Waals surface area contributed by atoms with Crippen LogP contribution in [-0.2, 0) is 6.54 Å². The molecule has 1 N–H and O–H groups in total. The van der Waals surface area contributed by atoms with Gasteiger partial charge in [-0.2, -0.15) is 0 Å². The molecule has 0 unspecified atom stereocenters. The second kappa shape index (κ2) is 5.29. The molecule has 0 amide bonds. The van der Waals surface area contributed by atoms with E-state index in [0.29, 0.717) is 10.0 Å². The van der Waals surface area contributed by atoms with E-state index < -0.39 is 0 Å². The summed E-state index contributed by atoms with van der Waals surface area (Å²) in [5.74, 6) is 0. The summed E-state index contributed by atoms with van der Waals surface area (Å²) < 4.78 is 1.85. The highest BCUT2D eigenvalue weighted by Crippen LogP contribution is 2.24. The third-order valence-corrected chi connectivity index (χ3v) is 4.08. The van der Waals surface area contributed by atoms with Crippen molar-refractivity contribution in [2.75, 3.05) is 13.2 Å². The Morgan fingerprint density at radius 1 is 1.37 bits per heavy atom. The first-order valence-electron chi connectivity index (χ1n) is 6.35. The lowest BCUT2D eigenvalue weighted by molar-refractivity contribution is 0.152. The minimum Gasteiger partial charge on any atom is -0.395 e. The highest BCUT2D eigenvalue weighted by molar-refractivity contribution is 6.36. The van der Waals surface area contributed by atoms with Crippen molar-refractivity contribution in [3.05, 3.63) is 34.2 Å². The fourth-order valence-electron chi connectivity index (χ4n) is 2.67. The number of aromatic nitrogens is 2. The molecule has 0 saturated carbocycles. The molecule has 1 atom stereocenters. The average Bonchev–Trinajstić information content (AvgIpc) is 2.95. The fraction of sp³-hybridized carbons (Fsp3) is 0.462. The molecule has 2 aromatic rings. The van der Waals surface area contributed by atoms with Gasteiger partial charge >= 0.3 is 0 Å². The Bertz CT molecular complexity index is 599. The first kappa shape index (κ1) is 13.2. The van der Waals surface area contributed by atoms with Gasteiger partial charge in [-0.1, -0.05) is 23.2 Å². The van der Waals surface area contributed by atoms with Crippen molar-refractivity contribution in [1.82, 2.24) is 14.3 Å². The number of hydrogen-bond donors (Lipinski definition) is 1. The van der Waals surface area contributed by atoms with E-state index in [4.69, 9.17) is 23.2 Å². The van der Waals surface area contributed by atoms with Gasteiger partial charge < -0.3 is 9.51 Å². The van der Waals surface area contributed by atoms with Crippen molar-refractivity contribution >= 4 is 28.8 Å². The minimum absolute atomic E-state index is 0.208. The van der Waals surface area contributed by atoms with Crippen LogP contribution in [0.4, 0.5) is 0 Å². The third kappa shape index (κ3) is 2.58. The first-order chi connectivity index (χ1) is 9.17. The second-order valence-corrected chi connectivity index (χ2v) is 5.76. The van der Waals surface area contributed by atoms with Crippen molar-refractivity contribution < 1.29 is 5.11 Å². The highest BCUT2D eigenvalue weighted by atomic mass is 35.5. The van der Waals surface area contributed by atoms with Crippen LogP contribution in [0.5, 0.6) is 0 Å². The van der Waals surface area contributed by atoms with Crippen LogP contribution in [0.25, 0.3) is 5.65 Å². The summed E-state index contributed by atoms with van der Waals surface area (Å²) in [6.07, 6.45) is 5.92. The molecule has 102 valence electrons. The molecule has 0 spiro atoms.